The number of phenols is 1. The van der Waals surface area contributed by atoms with Gasteiger partial charge in [-0.2, -0.15) is 31.3 Å². The van der Waals surface area contributed by atoms with Crippen molar-refractivity contribution in [2.24, 2.45) is 20.5 Å². The van der Waals surface area contributed by atoms with Crippen molar-refractivity contribution in [1.82, 2.24) is 0 Å². The van der Waals surface area contributed by atoms with Crippen molar-refractivity contribution in [3.63, 3.8) is 0 Å². The molecule has 1 unspecified atom stereocenters. The van der Waals surface area contributed by atoms with E-state index in [1.54, 1.807) is 61.5 Å². The van der Waals surface area contributed by atoms with E-state index in [9.17, 15) is 35.3 Å². The van der Waals surface area contributed by atoms with E-state index < -0.39 is 47.8 Å². The molecule has 0 aliphatic rings. The third kappa shape index (κ3) is 7.86. The third-order valence-electron chi connectivity index (χ3n) is 8.08. The topological polar surface area (TPSA) is 234 Å². The fourth-order valence-corrected chi connectivity index (χ4v) is 7.26. The monoisotopic (exact) mass is 774 g/mol. The number of nitrogen functional groups attached to an aromatic ring is 1. The van der Waals surface area contributed by atoms with Gasteiger partial charge >= 0.3 is 11.3 Å². The van der Waals surface area contributed by atoms with Gasteiger partial charge in [0, 0.05) is 12.4 Å². The van der Waals surface area contributed by atoms with Gasteiger partial charge in [0.1, 0.15) is 22.0 Å². The Kier molecular flexibility index (Phi) is 9.99. The Balaban J connectivity index is 1.26. The van der Waals surface area contributed by atoms with Crippen LogP contribution < -0.4 is 14.2 Å². The lowest BCUT2D eigenvalue weighted by Gasteiger charge is -2.19. The van der Waals surface area contributed by atoms with Crippen LogP contribution in [0.15, 0.2) is 127 Å². The first-order chi connectivity index (χ1) is 25.0. The molecule has 15 nitrogen and oxygen atoms in total. The predicted molar refractivity (Wildman–Crippen MR) is 201 cm³/mol. The van der Waals surface area contributed by atoms with E-state index in [1.807, 2.05) is 6.92 Å². The summed E-state index contributed by atoms with van der Waals surface area (Å²) in [5.41, 5.74) is 8.63. The van der Waals surface area contributed by atoms with Gasteiger partial charge in [0.25, 0.3) is 20.2 Å². The van der Waals surface area contributed by atoms with Crippen LogP contribution in [0.2, 0.25) is 0 Å². The number of rotatable bonds is 10. The van der Waals surface area contributed by atoms with Crippen molar-refractivity contribution in [1.29, 1.82) is 0 Å². The van der Waals surface area contributed by atoms with Crippen LogP contribution in [0.4, 0.5) is 34.1 Å². The van der Waals surface area contributed by atoms with E-state index in [-0.39, 0.29) is 32.8 Å². The van der Waals surface area contributed by atoms with Crippen LogP contribution in [0, 0.1) is 13.8 Å². The first-order valence-electron chi connectivity index (χ1n) is 15.4. The molecule has 1 atom stereocenters. The average Bonchev–Trinajstić information content (AvgIpc) is 3.10. The number of anilines is 2. The molecule has 0 aromatic heterocycles. The first-order valence-corrected chi connectivity index (χ1v) is 19.3. The molecule has 0 heterocycles. The zero-order valence-corrected chi connectivity index (χ0v) is 30.5. The second kappa shape index (κ2) is 14.3. The molecular weight excluding hydrogens is 745 g/mol. The normalized spacial score (nSPS) is 12.9. The predicted octanol–water partition coefficient (Wildman–Crippen LogP) is 8.32. The second-order valence-corrected chi connectivity index (χ2v) is 15.7. The molecule has 0 aliphatic carbocycles. The molecule has 6 aromatic rings. The molecule has 0 fully saturated rings. The van der Waals surface area contributed by atoms with Crippen LogP contribution >= 0.6 is 0 Å². The molecule has 6 rings (SSSR count). The average molecular weight is 775 g/mol. The zero-order chi connectivity index (χ0) is 38.2. The molecule has 0 radical (unpaired) electrons. The summed E-state index contributed by atoms with van der Waals surface area (Å²) in [6, 6.07) is 24.8. The molecule has 53 heavy (non-hydrogen) atoms. The smallest absolute Gasteiger partial charge is 0.318 e. The van der Waals surface area contributed by atoms with Gasteiger partial charge in [0.15, 0.2) is 5.75 Å². The quantitative estimate of drug-likeness (QED) is 0.0590. The molecule has 0 saturated heterocycles. The van der Waals surface area contributed by atoms with E-state index in [4.69, 9.17) is 9.92 Å². The van der Waals surface area contributed by atoms with Crippen molar-refractivity contribution in [2.45, 2.75) is 23.6 Å². The molecule has 0 bridgehead atoms. The van der Waals surface area contributed by atoms with Gasteiger partial charge in [0.2, 0.25) is 0 Å². The van der Waals surface area contributed by atoms with Gasteiger partial charge in [-0.1, -0.05) is 35.9 Å². The SMILES string of the molecule is Cc1ccc(N=Nc2c(S(=O)(=O)O)cc3cc(C)c(N=Nc4ccc(OS(=O)N(C)c5cccc6ccc(S(=O)(=O)O)cc56)cc4)c(N)c3c2O)cc1. The van der Waals surface area contributed by atoms with Gasteiger partial charge in [-0.25, -0.2) is 0 Å². The summed E-state index contributed by atoms with van der Waals surface area (Å²) >= 11 is -2.08. The summed E-state index contributed by atoms with van der Waals surface area (Å²) in [6.45, 7) is 3.53. The number of nitrogens with two attached hydrogens (primary N) is 1. The minimum absolute atomic E-state index is 0.0190. The number of azo groups is 2. The number of hydrogen-bond donors (Lipinski definition) is 4. The highest BCUT2D eigenvalue weighted by atomic mass is 32.2. The van der Waals surface area contributed by atoms with Crippen LogP contribution in [0.3, 0.4) is 0 Å². The maximum absolute atomic E-state index is 13.2. The van der Waals surface area contributed by atoms with E-state index in [1.165, 1.54) is 47.8 Å². The molecule has 0 spiro atoms. The first kappa shape index (κ1) is 37.0. The minimum Gasteiger partial charge on any atom is -0.505 e. The highest BCUT2D eigenvalue weighted by Crippen LogP contribution is 2.47. The van der Waals surface area contributed by atoms with Gasteiger partial charge in [-0.05, 0) is 96.9 Å². The Hall–Kier alpha value is -5.79. The Morgan fingerprint density at radius 3 is 1.98 bits per heavy atom. The number of benzene rings is 6. The summed E-state index contributed by atoms with van der Waals surface area (Å²) in [6.07, 6.45) is 0. The Labute approximate surface area is 306 Å². The zero-order valence-electron chi connectivity index (χ0n) is 28.1. The van der Waals surface area contributed by atoms with Crippen molar-refractivity contribution in [3.8, 4) is 11.5 Å². The van der Waals surface area contributed by atoms with Gasteiger partial charge in [-0.15, -0.1) is 10.2 Å². The summed E-state index contributed by atoms with van der Waals surface area (Å²) in [4.78, 5) is -0.972. The minimum atomic E-state index is -4.84. The Morgan fingerprint density at radius 1 is 0.736 bits per heavy atom. The second-order valence-electron chi connectivity index (χ2n) is 11.8. The van der Waals surface area contributed by atoms with Crippen molar-refractivity contribution >= 4 is 87.2 Å². The number of nitrogens with zero attached hydrogens (tertiary/aromatic N) is 5. The van der Waals surface area contributed by atoms with Crippen molar-refractivity contribution in [3.05, 3.63) is 108 Å². The van der Waals surface area contributed by atoms with Crippen LogP contribution in [0.5, 0.6) is 11.5 Å². The number of phenolic OH excluding ortho intramolecular Hbond substituents is 1. The maximum Gasteiger partial charge on any atom is 0.318 e. The number of aromatic hydroxyl groups is 1. The summed E-state index contributed by atoms with van der Waals surface area (Å²) in [5, 5.41) is 29.0. The largest absolute Gasteiger partial charge is 0.505 e. The van der Waals surface area contributed by atoms with Crippen LogP contribution in [-0.2, 0) is 31.5 Å². The molecule has 0 aliphatic heterocycles. The van der Waals surface area contributed by atoms with Crippen molar-refractivity contribution in [2.75, 3.05) is 17.1 Å². The Morgan fingerprint density at radius 2 is 1.36 bits per heavy atom. The van der Waals surface area contributed by atoms with Crippen LogP contribution in [0.1, 0.15) is 11.1 Å². The number of aryl methyl sites for hydroxylation is 2. The molecular formula is C35H30N6O9S3. The molecule has 272 valence electrons. The lowest BCUT2D eigenvalue weighted by Crippen LogP contribution is -2.24. The van der Waals surface area contributed by atoms with E-state index in [0.717, 1.165) is 11.6 Å². The molecule has 18 heteroatoms. The third-order valence-corrected chi connectivity index (χ3v) is 10.8. The van der Waals surface area contributed by atoms with E-state index in [0.29, 0.717) is 33.4 Å². The summed E-state index contributed by atoms with van der Waals surface area (Å²) < 4.78 is 87.6. The van der Waals surface area contributed by atoms with Gasteiger partial charge < -0.3 is 15.0 Å². The molecule has 6 aromatic carbocycles. The van der Waals surface area contributed by atoms with E-state index >= 15 is 0 Å². The highest BCUT2D eigenvalue weighted by molar-refractivity contribution is 7.86. The maximum atomic E-state index is 13.2. The number of hydrogen-bond acceptors (Lipinski definition) is 12. The van der Waals surface area contributed by atoms with Crippen LogP contribution in [0.25, 0.3) is 21.5 Å². The van der Waals surface area contributed by atoms with Crippen LogP contribution in [-0.4, -0.2) is 42.3 Å². The lowest BCUT2D eigenvalue weighted by atomic mass is 10.0. The summed E-state index contributed by atoms with van der Waals surface area (Å²) in [5.74, 6) is -0.428. The molecule has 5 N–H and O–H groups in total. The fraction of sp³-hybridized carbons (Fsp3) is 0.0857. The van der Waals surface area contributed by atoms with Gasteiger partial charge in [0.05, 0.1) is 33.0 Å². The summed E-state index contributed by atoms with van der Waals surface area (Å²) in [7, 11) is -7.81. The number of fused-ring (bicyclic) bond motifs is 2. The Bertz CT molecular complexity index is 2720. The van der Waals surface area contributed by atoms with E-state index in [2.05, 4.69) is 20.5 Å². The fourth-order valence-electron chi connectivity index (χ4n) is 5.39. The lowest BCUT2D eigenvalue weighted by molar-refractivity contribution is 0.472. The molecule has 0 amide bonds. The standard InChI is InChI=1S/C35H30N6O9S3/c1-20-7-10-24(11-8-20)38-40-34-30(53(47,48)49)18-23-17-21(2)33(32(36)31(23)35(34)42)39-37-25-12-14-26(15-13-25)50-51(43)41(3)29-6-4-5-22-9-16-27(19-28(22)29)52(44,45)46/h4-19,42H,36H2,1-3H3,(H,44,45,46)(H,47,48,49). The van der Waals surface area contributed by atoms with Crippen molar-refractivity contribution < 1.29 is 39.4 Å². The molecule has 0 saturated carbocycles. The van der Waals surface area contributed by atoms with Gasteiger partial charge in [-0.3, -0.25) is 13.4 Å². The highest BCUT2D eigenvalue weighted by Gasteiger charge is 2.25.